The van der Waals surface area contributed by atoms with Gasteiger partial charge in [-0.25, -0.2) is 0 Å². The van der Waals surface area contributed by atoms with Crippen molar-refractivity contribution in [3.63, 3.8) is 0 Å². The third-order valence-electron chi connectivity index (χ3n) is 2.47. The molecule has 0 aliphatic carbocycles. The minimum atomic E-state index is 1.17. The second kappa shape index (κ2) is 3.52. The van der Waals surface area contributed by atoms with E-state index in [-0.39, 0.29) is 0 Å². The Morgan fingerprint density at radius 1 is 1.00 bits per heavy atom. The zero-order valence-corrected chi connectivity index (χ0v) is 8.92. The van der Waals surface area contributed by atoms with E-state index in [4.69, 9.17) is 0 Å². The molecule has 0 amide bonds. The molecule has 0 spiro atoms. The number of hydrogen-bond donors (Lipinski definition) is 0. The van der Waals surface area contributed by atoms with Crippen LogP contribution < -0.4 is 0 Å². The molecule has 0 bridgehead atoms. The van der Waals surface area contributed by atoms with Crippen molar-refractivity contribution in [1.82, 2.24) is 0 Å². The SMILES string of the molecule is [c]1cc2sccc2cc1-c1ccccc1. The molecule has 1 aromatic heterocycles. The van der Waals surface area contributed by atoms with Crippen molar-refractivity contribution in [2.75, 3.05) is 0 Å². The van der Waals surface area contributed by atoms with E-state index in [0.29, 0.717) is 0 Å². The molecule has 1 radical (unpaired) electrons. The summed E-state index contributed by atoms with van der Waals surface area (Å²) < 4.78 is 1.30. The van der Waals surface area contributed by atoms with Gasteiger partial charge in [-0.2, -0.15) is 0 Å². The molecule has 3 aromatic rings. The van der Waals surface area contributed by atoms with Gasteiger partial charge in [-0.1, -0.05) is 30.3 Å². The van der Waals surface area contributed by atoms with Gasteiger partial charge in [-0.05, 0) is 46.2 Å². The molecule has 3 rings (SSSR count). The summed E-state index contributed by atoms with van der Waals surface area (Å²) in [7, 11) is 0. The Bertz CT molecular complexity index is 578. The summed E-state index contributed by atoms with van der Waals surface area (Å²) >= 11 is 1.76. The molecule has 0 N–H and O–H groups in total. The molecule has 1 heterocycles. The zero-order chi connectivity index (χ0) is 10.1. The van der Waals surface area contributed by atoms with Crippen molar-refractivity contribution in [3.05, 3.63) is 60.0 Å². The third-order valence-corrected chi connectivity index (χ3v) is 3.35. The van der Waals surface area contributed by atoms with Crippen LogP contribution in [0.25, 0.3) is 21.2 Å². The Morgan fingerprint density at radius 3 is 2.73 bits per heavy atom. The van der Waals surface area contributed by atoms with Gasteiger partial charge in [0, 0.05) is 4.70 Å². The van der Waals surface area contributed by atoms with Gasteiger partial charge in [0.15, 0.2) is 0 Å². The molecule has 0 aliphatic heterocycles. The first-order valence-electron chi connectivity index (χ1n) is 4.88. The molecule has 71 valence electrons. The molecule has 0 aliphatic rings. The highest BCUT2D eigenvalue weighted by Gasteiger charge is 1.99. The molecule has 0 atom stereocenters. The van der Waals surface area contributed by atoms with Crippen LogP contribution in [0.15, 0.2) is 53.9 Å². The maximum Gasteiger partial charge on any atom is 0.0349 e. The van der Waals surface area contributed by atoms with Crippen LogP contribution in [0.3, 0.4) is 0 Å². The predicted molar refractivity (Wildman–Crippen MR) is 66.1 cm³/mol. The Hall–Kier alpha value is -1.60. The fourth-order valence-electron chi connectivity index (χ4n) is 1.69. The highest BCUT2D eigenvalue weighted by Crippen LogP contribution is 2.26. The number of hydrogen-bond acceptors (Lipinski definition) is 1. The summed E-state index contributed by atoms with van der Waals surface area (Å²) in [6.07, 6.45) is 0. The average molecular weight is 209 g/mol. The van der Waals surface area contributed by atoms with E-state index in [0.717, 1.165) is 0 Å². The number of thiophene rings is 1. The summed E-state index contributed by atoms with van der Waals surface area (Å²) in [4.78, 5) is 0. The normalized spacial score (nSPS) is 10.7. The minimum absolute atomic E-state index is 1.17. The molecule has 15 heavy (non-hydrogen) atoms. The first-order chi connectivity index (χ1) is 7.43. The Kier molecular flexibility index (Phi) is 2.04. The zero-order valence-electron chi connectivity index (χ0n) is 8.10. The molecule has 0 saturated heterocycles. The number of benzene rings is 2. The van der Waals surface area contributed by atoms with Gasteiger partial charge < -0.3 is 0 Å². The van der Waals surface area contributed by atoms with Gasteiger partial charge >= 0.3 is 0 Å². The van der Waals surface area contributed by atoms with Crippen molar-refractivity contribution in [3.8, 4) is 11.1 Å². The third kappa shape index (κ3) is 1.55. The highest BCUT2D eigenvalue weighted by molar-refractivity contribution is 7.17. The highest BCUT2D eigenvalue weighted by atomic mass is 32.1. The van der Waals surface area contributed by atoms with Gasteiger partial charge in [0.2, 0.25) is 0 Å². The average Bonchev–Trinajstić information content (AvgIpc) is 2.77. The van der Waals surface area contributed by atoms with E-state index in [1.165, 1.54) is 21.2 Å². The van der Waals surface area contributed by atoms with Crippen molar-refractivity contribution in [2.45, 2.75) is 0 Å². The smallest absolute Gasteiger partial charge is 0.0349 e. The summed E-state index contributed by atoms with van der Waals surface area (Å²) in [5.41, 5.74) is 2.40. The molecule has 0 nitrogen and oxygen atoms in total. The summed E-state index contributed by atoms with van der Waals surface area (Å²) in [5.74, 6) is 0. The van der Waals surface area contributed by atoms with Crippen molar-refractivity contribution >= 4 is 21.4 Å². The fourth-order valence-corrected chi connectivity index (χ4v) is 2.44. The van der Waals surface area contributed by atoms with Crippen LogP contribution in [-0.4, -0.2) is 0 Å². The maximum atomic E-state index is 3.32. The molecular formula is C14H9S. The van der Waals surface area contributed by atoms with Crippen molar-refractivity contribution in [1.29, 1.82) is 0 Å². The van der Waals surface area contributed by atoms with Crippen molar-refractivity contribution in [2.24, 2.45) is 0 Å². The fraction of sp³-hybridized carbons (Fsp3) is 0. The maximum absolute atomic E-state index is 3.32. The number of fused-ring (bicyclic) bond motifs is 1. The lowest BCUT2D eigenvalue weighted by atomic mass is 10.0. The van der Waals surface area contributed by atoms with Gasteiger partial charge in [0.1, 0.15) is 0 Å². The lowest BCUT2D eigenvalue weighted by molar-refractivity contribution is 1.65. The summed E-state index contributed by atoms with van der Waals surface area (Å²) in [5, 5.41) is 3.42. The first kappa shape index (κ1) is 8.69. The standard InChI is InChI=1S/C14H9S/c1-2-4-11(5-3-1)12-6-7-14-13(10-12)8-9-15-14/h1-5,7-10H. The van der Waals surface area contributed by atoms with E-state index >= 15 is 0 Å². The second-order valence-electron chi connectivity index (χ2n) is 3.45. The lowest BCUT2D eigenvalue weighted by Crippen LogP contribution is -1.75. The largest absolute Gasteiger partial charge is 0.144 e. The Morgan fingerprint density at radius 2 is 1.87 bits per heavy atom. The van der Waals surface area contributed by atoms with Crippen LogP contribution in [-0.2, 0) is 0 Å². The van der Waals surface area contributed by atoms with Crippen LogP contribution >= 0.6 is 11.3 Å². The van der Waals surface area contributed by atoms with Crippen LogP contribution in [0.4, 0.5) is 0 Å². The summed E-state index contributed by atoms with van der Waals surface area (Å²) in [6, 6.07) is 20.1. The quantitative estimate of drug-likeness (QED) is 0.558. The topological polar surface area (TPSA) is 0 Å². The van der Waals surface area contributed by atoms with E-state index in [1.807, 2.05) is 6.07 Å². The van der Waals surface area contributed by atoms with E-state index in [2.05, 4.69) is 53.9 Å². The molecular weight excluding hydrogens is 200 g/mol. The minimum Gasteiger partial charge on any atom is -0.144 e. The molecule has 0 saturated carbocycles. The number of rotatable bonds is 1. The van der Waals surface area contributed by atoms with Crippen LogP contribution in [0.1, 0.15) is 0 Å². The van der Waals surface area contributed by atoms with Crippen molar-refractivity contribution < 1.29 is 0 Å². The van der Waals surface area contributed by atoms with Crippen LogP contribution in [0.2, 0.25) is 0 Å². The molecule has 0 unspecified atom stereocenters. The summed E-state index contributed by atoms with van der Waals surface area (Å²) in [6.45, 7) is 0. The van der Waals surface area contributed by atoms with Gasteiger partial charge in [-0.15, -0.1) is 11.3 Å². The van der Waals surface area contributed by atoms with Gasteiger partial charge in [0.25, 0.3) is 0 Å². The molecule has 1 heteroatoms. The second-order valence-corrected chi connectivity index (χ2v) is 4.40. The predicted octanol–water partition coefficient (Wildman–Crippen LogP) is 4.37. The van der Waals surface area contributed by atoms with E-state index < -0.39 is 0 Å². The van der Waals surface area contributed by atoms with Gasteiger partial charge in [0.05, 0.1) is 0 Å². The first-order valence-corrected chi connectivity index (χ1v) is 5.76. The van der Waals surface area contributed by atoms with Crippen LogP contribution in [0.5, 0.6) is 0 Å². The Labute approximate surface area is 92.8 Å². The molecule has 0 fully saturated rings. The monoisotopic (exact) mass is 209 g/mol. The molecule has 2 aromatic carbocycles. The van der Waals surface area contributed by atoms with Crippen LogP contribution in [0, 0.1) is 6.07 Å². The van der Waals surface area contributed by atoms with Gasteiger partial charge in [-0.3, -0.25) is 0 Å². The lowest BCUT2D eigenvalue weighted by Gasteiger charge is -2.00. The Balaban J connectivity index is 2.19. The van der Waals surface area contributed by atoms with E-state index in [1.54, 1.807) is 11.3 Å². The van der Waals surface area contributed by atoms with E-state index in [9.17, 15) is 0 Å².